The van der Waals surface area contributed by atoms with Crippen molar-refractivity contribution in [3.8, 4) is 0 Å². The maximum absolute atomic E-state index is 14.9. The van der Waals surface area contributed by atoms with Gasteiger partial charge in [-0.15, -0.1) is 30.9 Å². The Kier molecular flexibility index (Phi) is 6.20. The number of oxime groups is 6. The Morgan fingerprint density at radius 2 is 0.571 bits per heavy atom. The molecule has 3 heterocycles. The molecule has 0 aromatic carbocycles. The lowest BCUT2D eigenvalue weighted by Gasteiger charge is -2.29. The number of nitrogens with zero attached hydrogens (tertiary/aromatic N) is 6. The molecular formula is C12H18B2F2N6O6-2. The highest BCUT2D eigenvalue weighted by Gasteiger charge is 2.42. The fourth-order valence-electron chi connectivity index (χ4n) is 1.36. The average Bonchev–Trinajstić information content (AvgIpc) is 2.67. The van der Waals surface area contributed by atoms with E-state index in [1.54, 1.807) is 0 Å². The van der Waals surface area contributed by atoms with Gasteiger partial charge in [-0.1, -0.05) is 0 Å². The highest BCUT2D eigenvalue weighted by Crippen LogP contribution is 2.18. The van der Waals surface area contributed by atoms with Crippen LogP contribution < -0.4 is 0 Å². The molecule has 0 N–H and O–H groups in total. The van der Waals surface area contributed by atoms with Crippen LogP contribution in [-0.4, -0.2) is 48.3 Å². The predicted molar refractivity (Wildman–Crippen MR) is 98.9 cm³/mol. The standard InChI is InChI=1S/C12H18B2F2N6O6/c1-7-8(2)18-24-14(16)27-21-11(5)9(3)19-25-13(15,23-17-7)26-20-10(4)12(6)22-28-14/h1-6H3/q-2/b17-7-,18-8-,19-9-,20-10?,21-11?,22-12-. The van der Waals surface area contributed by atoms with Crippen LogP contribution in [-0.2, 0) is 28.5 Å². The van der Waals surface area contributed by atoms with E-state index in [-0.39, 0.29) is 34.3 Å². The zero-order valence-corrected chi connectivity index (χ0v) is 16.0. The molecule has 0 aromatic heterocycles. The van der Waals surface area contributed by atoms with Crippen molar-refractivity contribution in [2.45, 2.75) is 41.5 Å². The summed E-state index contributed by atoms with van der Waals surface area (Å²) in [7, 11) is -8.21. The maximum atomic E-state index is 14.9. The van der Waals surface area contributed by atoms with Crippen molar-refractivity contribution in [2.24, 2.45) is 30.9 Å². The highest BCUT2D eigenvalue weighted by atomic mass is 19.1. The van der Waals surface area contributed by atoms with Crippen LogP contribution in [0.4, 0.5) is 8.63 Å². The Morgan fingerprint density at radius 1 is 0.429 bits per heavy atom. The van der Waals surface area contributed by atoms with Gasteiger partial charge in [-0.3, -0.25) is 0 Å². The van der Waals surface area contributed by atoms with Gasteiger partial charge >= 0.3 is 14.1 Å². The molecule has 0 saturated carbocycles. The van der Waals surface area contributed by atoms with Crippen molar-refractivity contribution in [1.29, 1.82) is 0 Å². The molecule has 3 aliphatic heterocycles. The monoisotopic (exact) mass is 402 g/mol. The summed E-state index contributed by atoms with van der Waals surface area (Å²) in [6, 6.07) is 0. The van der Waals surface area contributed by atoms with Crippen molar-refractivity contribution >= 4 is 48.3 Å². The van der Waals surface area contributed by atoms with Gasteiger partial charge in [-0.05, 0) is 41.5 Å². The van der Waals surface area contributed by atoms with Gasteiger partial charge in [0.25, 0.3) is 0 Å². The van der Waals surface area contributed by atoms with E-state index in [1.807, 2.05) is 0 Å². The smallest absolute Gasteiger partial charge is 0.510 e. The van der Waals surface area contributed by atoms with E-state index >= 15 is 0 Å². The molecule has 0 spiro atoms. The molecule has 0 aliphatic carbocycles. The van der Waals surface area contributed by atoms with Gasteiger partial charge < -0.3 is 37.2 Å². The fourth-order valence-corrected chi connectivity index (χ4v) is 1.36. The second kappa shape index (κ2) is 8.22. The first-order valence-electron chi connectivity index (χ1n) is 8.04. The Morgan fingerprint density at radius 3 is 0.714 bits per heavy atom. The summed E-state index contributed by atoms with van der Waals surface area (Å²) in [5.41, 5.74) is -0.0604. The van der Waals surface area contributed by atoms with E-state index in [9.17, 15) is 8.63 Å². The highest BCUT2D eigenvalue weighted by molar-refractivity contribution is 6.55. The first-order valence-corrected chi connectivity index (χ1v) is 8.04. The second-order valence-electron chi connectivity index (χ2n) is 5.80. The Labute approximate surface area is 158 Å². The largest absolute Gasteiger partial charge is 0.812 e. The Bertz CT molecular complexity index is 648. The molecule has 2 atom stereocenters. The van der Waals surface area contributed by atoms with Crippen molar-refractivity contribution in [1.82, 2.24) is 0 Å². The molecule has 16 heteroatoms. The van der Waals surface area contributed by atoms with Crippen LogP contribution in [0, 0.1) is 0 Å². The molecule has 0 saturated heterocycles. The SMILES string of the molecule is CC1=NO[B-]2(F)O/N=C(/C)C(C)=NO[B-](F)(O/N=C\1C)O/N=C(C)\C(C)=N/O2. The molecule has 0 radical (unpaired) electrons. The Hall–Kier alpha value is -3.19. The first kappa shape index (κ1) is 21.1. The van der Waals surface area contributed by atoms with Crippen LogP contribution in [0.3, 0.4) is 0 Å². The van der Waals surface area contributed by atoms with Crippen LogP contribution in [0.1, 0.15) is 41.5 Å². The number of rotatable bonds is 0. The summed E-state index contributed by atoms with van der Waals surface area (Å²) in [4.78, 5) is 0. The molecule has 154 valence electrons. The average molecular weight is 402 g/mol. The number of halogens is 2. The zero-order valence-electron chi connectivity index (χ0n) is 16.0. The molecule has 0 amide bonds. The molecule has 3 rings (SSSR count). The van der Waals surface area contributed by atoms with Crippen LogP contribution >= 0.6 is 0 Å². The molecular weight excluding hydrogens is 384 g/mol. The van der Waals surface area contributed by atoms with Crippen molar-refractivity contribution in [2.75, 3.05) is 0 Å². The van der Waals surface area contributed by atoms with E-state index in [2.05, 4.69) is 30.9 Å². The summed E-state index contributed by atoms with van der Waals surface area (Å²) < 4.78 is 58.1. The van der Waals surface area contributed by atoms with E-state index in [0.717, 1.165) is 0 Å². The Balaban J connectivity index is 2.65. The maximum Gasteiger partial charge on any atom is 0.812 e. The molecule has 28 heavy (non-hydrogen) atoms. The minimum Gasteiger partial charge on any atom is -0.510 e. The van der Waals surface area contributed by atoms with Crippen molar-refractivity contribution in [3.63, 3.8) is 0 Å². The quantitative estimate of drug-likeness (QED) is 0.571. The third kappa shape index (κ3) is 5.40. The van der Waals surface area contributed by atoms with Gasteiger partial charge in [0.2, 0.25) is 0 Å². The number of hydrogen-bond acceptors (Lipinski definition) is 12. The summed E-state index contributed by atoms with van der Waals surface area (Å²) in [6.07, 6.45) is 0. The minimum atomic E-state index is -4.11. The predicted octanol–water partition coefficient (Wildman–Crippen LogP) is 2.18. The lowest BCUT2D eigenvalue weighted by atomic mass is 10.1. The molecule has 2 bridgehead atoms. The van der Waals surface area contributed by atoms with Gasteiger partial charge in [-0.25, -0.2) is 0 Å². The van der Waals surface area contributed by atoms with Gasteiger partial charge in [0.15, 0.2) is 0 Å². The van der Waals surface area contributed by atoms with E-state index in [4.69, 9.17) is 28.5 Å². The van der Waals surface area contributed by atoms with E-state index in [0.29, 0.717) is 0 Å². The summed E-state index contributed by atoms with van der Waals surface area (Å²) in [5.74, 6) is 0. The topological polar surface area (TPSA) is 130 Å². The lowest BCUT2D eigenvalue weighted by molar-refractivity contribution is 0.0215. The number of fused-ring (bicyclic) bond motifs is 9. The summed E-state index contributed by atoms with van der Waals surface area (Å²) in [6.45, 7) is 8.24. The third-order valence-electron chi connectivity index (χ3n) is 3.46. The van der Waals surface area contributed by atoms with Crippen LogP contribution in [0.5, 0.6) is 0 Å². The van der Waals surface area contributed by atoms with Gasteiger partial charge in [0.05, 0.1) is 34.3 Å². The van der Waals surface area contributed by atoms with Crippen LogP contribution in [0.15, 0.2) is 30.9 Å². The molecule has 0 aromatic rings. The van der Waals surface area contributed by atoms with Crippen molar-refractivity contribution in [3.05, 3.63) is 0 Å². The second-order valence-corrected chi connectivity index (χ2v) is 5.80. The van der Waals surface area contributed by atoms with Crippen LogP contribution in [0.2, 0.25) is 0 Å². The fraction of sp³-hybridized carbons (Fsp3) is 0.500. The first-order chi connectivity index (χ1) is 13.0. The van der Waals surface area contributed by atoms with Crippen molar-refractivity contribution < 1.29 is 37.2 Å². The summed E-state index contributed by atoms with van der Waals surface area (Å²) >= 11 is 0. The molecule has 12 nitrogen and oxygen atoms in total. The third-order valence-corrected chi connectivity index (χ3v) is 3.46. The normalized spacial score (nSPS) is 36.6. The van der Waals surface area contributed by atoms with Gasteiger partial charge in [0, 0.05) is 0 Å². The van der Waals surface area contributed by atoms with E-state index in [1.165, 1.54) is 41.5 Å². The molecule has 0 fully saturated rings. The molecule has 3 aliphatic rings. The lowest BCUT2D eigenvalue weighted by Crippen LogP contribution is -2.40. The zero-order chi connectivity index (χ0) is 20.9. The van der Waals surface area contributed by atoms with Gasteiger partial charge in [0.1, 0.15) is 0 Å². The summed E-state index contributed by atoms with van der Waals surface area (Å²) in [5, 5.41) is 20.9. The van der Waals surface area contributed by atoms with E-state index < -0.39 is 14.1 Å². The van der Waals surface area contributed by atoms with Crippen LogP contribution in [0.25, 0.3) is 0 Å². The molecule has 2 unspecified atom stereocenters. The number of hydrogen-bond donors (Lipinski definition) is 0. The minimum absolute atomic E-state index is 0.0101. The van der Waals surface area contributed by atoms with Gasteiger partial charge in [-0.2, -0.15) is 0 Å².